The van der Waals surface area contributed by atoms with Gasteiger partial charge < -0.3 is 5.11 Å². The molecule has 2 aliphatic rings. The molecule has 1 aliphatic heterocycles. The van der Waals surface area contributed by atoms with E-state index in [1.165, 1.54) is 0 Å². The maximum absolute atomic E-state index is 14.2. The minimum atomic E-state index is -0.912. The molecule has 1 aromatic carbocycles. The lowest BCUT2D eigenvalue weighted by Crippen LogP contribution is -2.19. The van der Waals surface area contributed by atoms with E-state index in [2.05, 4.69) is 18.2 Å². The number of allylic oxidation sites excluding steroid dienone is 7. The molecular formula is C25H24FNO2S. The van der Waals surface area contributed by atoms with Crippen molar-refractivity contribution in [1.82, 2.24) is 0 Å². The van der Waals surface area contributed by atoms with Gasteiger partial charge in [0.1, 0.15) is 5.82 Å². The highest BCUT2D eigenvalue weighted by Gasteiger charge is 2.26. The highest BCUT2D eigenvalue weighted by Crippen LogP contribution is 2.33. The molecule has 3 nitrogen and oxygen atoms in total. The monoisotopic (exact) mass is 421 g/mol. The number of thiophene rings is 1. The number of hydrogen-bond donors (Lipinski definition) is 1. The van der Waals surface area contributed by atoms with Crippen molar-refractivity contribution in [2.45, 2.75) is 39.0 Å². The van der Waals surface area contributed by atoms with Crippen LogP contribution in [0.4, 0.5) is 4.39 Å². The van der Waals surface area contributed by atoms with E-state index < -0.39 is 5.97 Å². The van der Waals surface area contributed by atoms with Crippen LogP contribution >= 0.6 is 11.3 Å². The van der Waals surface area contributed by atoms with Crippen molar-refractivity contribution in [2.75, 3.05) is 0 Å². The first-order valence-electron chi connectivity index (χ1n) is 10.2. The number of aliphatic carboxylic acids is 1. The Morgan fingerprint density at radius 2 is 2.13 bits per heavy atom. The van der Waals surface area contributed by atoms with E-state index in [4.69, 9.17) is 4.99 Å². The first-order chi connectivity index (χ1) is 14.5. The lowest BCUT2D eigenvalue weighted by molar-refractivity contribution is -0.132. The van der Waals surface area contributed by atoms with E-state index in [1.807, 2.05) is 23.6 Å². The SMILES string of the molecule is CC1=C(C(=O)O)CCC(Cc2cc(F)cc3ccsc23)C(C2=C/C=C\CC\C=C\2)=N1. The van der Waals surface area contributed by atoms with Gasteiger partial charge in [-0.05, 0) is 79.1 Å². The topological polar surface area (TPSA) is 49.7 Å². The van der Waals surface area contributed by atoms with Gasteiger partial charge in [-0.15, -0.1) is 11.3 Å². The minimum Gasteiger partial charge on any atom is -0.478 e. The van der Waals surface area contributed by atoms with E-state index >= 15 is 0 Å². The van der Waals surface area contributed by atoms with E-state index in [0.717, 1.165) is 39.8 Å². The van der Waals surface area contributed by atoms with Crippen molar-refractivity contribution in [2.24, 2.45) is 10.9 Å². The Morgan fingerprint density at radius 3 is 2.97 bits per heavy atom. The zero-order valence-corrected chi connectivity index (χ0v) is 17.7. The van der Waals surface area contributed by atoms with Crippen LogP contribution < -0.4 is 0 Å². The smallest absolute Gasteiger partial charge is 0.333 e. The van der Waals surface area contributed by atoms with Crippen LogP contribution in [-0.2, 0) is 11.2 Å². The third-order valence-corrected chi connectivity index (χ3v) is 6.68. The fourth-order valence-corrected chi connectivity index (χ4v) is 5.07. The third kappa shape index (κ3) is 4.36. The van der Waals surface area contributed by atoms with E-state index in [0.29, 0.717) is 30.5 Å². The zero-order chi connectivity index (χ0) is 21.1. The molecule has 0 saturated heterocycles. The van der Waals surface area contributed by atoms with Crippen molar-refractivity contribution >= 4 is 33.1 Å². The average molecular weight is 422 g/mol. The van der Waals surface area contributed by atoms with Crippen LogP contribution in [0.2, 0.25) is 0 Å². The lowest BCUT2D eigenvalue weighted by atomic mass is 9.85. The molecule has 0 fully saturated rings. The van der Waals surface area contributed by atoms with Gasteiger partial charge in [0, 0.05) is 16.3 Å². The second kappa shape index (κ2) is 8.92. The fraction of sp³-hybridized carbons (Fsp3) is 0.280. The van der Waals surface area contributed by atoms with Crippen LogP contribution in [0.1, 0.15) is 38.2 Å². The number of carboxylic acids is 1. The number of halogens is 1. The second-order valence-electron chi connectivity index (χ2n) is 7.74. The molecule has 0 radical (unpaired) electrons. The van der Waals surface area contributed by atoms with Crippen molar-refractivity contribution < 1.29 is 14.3 Å². The number of nitrogens with zero attached hydrogens (tertiary/aromatic N) is 1. The molecule has 0 bridgehead atoms. The number of rotatable bonds is 4. The highest BCUT2D eigenvalue weighted by molar-refractivity contribution is 7.17. The zero-order valence-electron chi connectivity index (χ0n) is 16.9. The molecule has 1 aliphatic carbocycles. The molecule has 0 amide bonds. The van der Waals surface area contributed by atoms with Crippen LogP contribution in [0, 0.1) is 11.7 Å². The Kier molecular flexibility index (Phi) is 6.09. The molecule has 1 aromatic heterocycles. The summed E-state index contributed by atoms with van der Waals surface area (Å²) in [6.07, 6.45) is 14.1. The molecule has 5 heteroatoms. The Hall–Kier alpha value is -2.79. The highest BCUT2D eigenvalue weighted by atomic mass is 32.1. The van der Waals surface area contributed by atoms with Gasteiger partial charge >= 0.3 is 5.97 Å². The lowest BCUT2D eigenvalue weighted by Gasteiger charge is -2.20. The number of fused-ring (bicyclic) bond motifs is 1. The molecule has 2 heterocycles. The van der Waals surface area contributed by atoms with Gasteiger partial charge in [0.05, 0.1) is 11.3 Å². The molecule has 154 valence electrons. The summed E-state index contributed by atoms with van der Waals surface area (Å²) in [6.45, 7) is 1.77. The standard InChI is InChI=1S/C25H24FNO2S/c1-16-22(25(28)29)10-9-18(23(27-16)17-7-5-3-2-4-6-8-17)13-20-15-21(26)14-19-11-12-30-24(19)20/h3,5-8,11-12,14-15,18H,2,4,9-10,13H2,1H3,(H,28,29)/b5-3-,8-6+,17-7+. The fourth-order valence-electron chi connectivity index (χ4n) is 4.17. The van der Waals surface area contributed by atoms with Crippen molar-refractivity contribution in [3.8, 4) is 0 Å². The summed E-state index contributed by atoms with van der Waals surface area (Å²) in [5.41, 5.74) is 3.77. The van der Waals surface area contributed by atoms with E-state index in [9.17, 15) is 14.3 Å². The van der Waals surface area contributed by atoms with Gasteiger partial charge in [-0.3, -0.25) is 4.99 Å². The molecule has 1 atom stereocenters. The first kappa shape index (κ1) is 20.5. The summed E-state index contributed by atoms with van der Waals surface area (Å²) in [4.78, 5) is 16.5. The van der Waals surface area contributed by atoms with Gasteiger partial charge in [0.2, 0.25) is 0 Å². The van der Waals surface area contributed by atoms with Crippen molar-refractivity contribution in [3.05, 3.63) is 82.2 Å². The van der Waals surface area contributed by atoms with Crippen LogP contribution in [0.25, 0.3) is 10.1 Å². The molecule has 2 aromatic rings. The molecule has 4 rings (SSSR count). The van der Waals surface area contributed by atoms with Crippen LogP contribution in [0.15, 0.2) is 75.8 Å². The normalized spacial score (nSPS) is 23.7. The van der Waals surface area contributed by atoms with E-state index in [1.54, 1.807) is 30.4 Å². The quantitative estimate of drug-likeness (QED) is 0.603. The minimum absolute atomic E-state index is 0.00706. The summed E-state index contributed by atoms with van der Waals surface area (Å²) in [5, 5.41) is 12.5. The maximum Gasteiger partial charge on any atom is 0.333 e. The molecule has 1 unspecified atom stereocenters. The predicted octanol–water partition coefficient (Wildman–Crippen LogP) is 6.63. The predicted molar refractivity (Wildman–Crippen MR) is 122 cm³/mol. The van der Waals surface area contributed by atoms with Gasteiger partial charge in [-0.2, -0.15) is 0 Å². The summed E-state index contributed by atoms with van der Waals surface area (Å²) in [6, 6.07) is 5.12. The molecule has 0 saturated carbocycles. The number of benzene rings is 1. The van der Waals surface area contributed by atoms with Crippen molar-refractivity contribution in [3.63, 3.8) is 0 Å². The van der Waals surface area contributed by atoms with Gasteiger partial charge in [-0.1, -0.05) is 30.4 Å². The summed E-state index contributed by atoms with van der Waals surface area (Å²) >= 11 is 1.61. The van der Waals surface area contributed by atoms with E-state index in [-0.39, 0.29) is 11.7 Å². The Balaban J connectivity index is 1.78. The molecule has 30 heavy (non-hydrogen) atoms. The Bertz CT molecular complexity index is 1130. The Labute approximate surface area is 179 Å². The molecular weight excluding hydrogens is 397 g/mol. The number of hydrogen-bond acceptors (Lipinski definition) is 3. The second-order valence-corrected chi connectivity index (χ2v) is 8.66. The Morgan fingerprint density at radius 1 is 1.30 bits per heavy atom. The first-order valence-corrected chi connectivity index (χ1v) is 11.1. The molecule has 0 spiro atoms. The third-order valence-electron chi connectivity index (χ3n) is 5.68. The van der Waals surface area contributed by atoms with Gasteiger partial charge in [0.25, 0.3) is 0 Å². The summed E-state index contributed by atoms with van der Waals surface area (Å²) in [7, 11) is 0. The number of aliphatic imine (C=N–C) groups is 1. The largest absolute Gasteiger partial charge is 0.478 e. The van der Waals surface area contributed by atoms with Gasteiger partial charge in [0.15, 0.2) is 0 Å². The van der Waals surface area contributed by atoms with Gasteiger partial charge in [-0.25, -0.2) is 9.18 Å². The number of carboxylic acid groups (broad SMARTS) is 1. The summed E-state index contributed by atoms with van der Waals surface area (Å²) < 4.78 is 15.3. The van der Waals surface area contributed by atoms with Crippen molar-refractivity contribution in [1.29, 1.82) is 0 Å². The van der Waals surface area contributed by atoms with Crippen LogP contribution in [0.5, 0.6) is 0 Å². The molecule has 1 N–H and O–H groups in total. The maximum atomic E-state index is 14.2. The number of carbonyl (C=O) groups is 1. The average Bonchev–Trinajstić information content (AvgIpc) is 3.07. The summed E-state index contributed by atoms with van der Waals surface area (Å²) in [5.74, 6) is -1.14. The van der Waals surface area contributed by atoms with Crippen LogP contribution in [0.3, 0.4) is 0 Å². The van der Waals surface area contributed by atoms with Crippen LogP contribution in [-0.4, -0.2) is 16.8 Å².